The van der Waals surface area contributed by atoms with E-state index in [1.165, 1.54) is 5.56 Å². The van der Waals surface area contributed by atoms with Gasteiger partial charge in [0.2, 0.25) is 5.91 Å². The number of unbranched alkanes of at least 4 members (excludes halogenated alkanes) is 2. The number of rotatable bonds is 9. The monoisotopic (exact) mass is 303 g/mol. The molecule has 0 spiro atoms. The summed E-state index contributed by atoms with van der Waals surface area (Å²) >= 11 is 0. The number of carboxylic acids is 1. The fourth-order valence-electron chi connectivity index (χ4n) is 3.04. The van der Waals surface area contributed by atoms with E-state index in [1.807, 2.05) is 18.2 Å². The SMILES string of the molecule is O=C(O)CCCCCNC(=O)C1(Cc2ccccc2)CCC1. The van der Waals surface area contributed by atoms with Crippen molar-refractivity contribution in [3.63, 3.8) is 0 Å². The lowest BCUT2D eigenvalue weighted by molar-refractivity contribution is -0.137. The molecule has 22 heavy (non-hydrogen) atoms. The normalized spacial score (nSPS) is 15.8. The Morgan fingerprint density at radius 3 is 2.41 bits per heavy atom. The second-order valence-corrected chi connectivity index (χ2v) is 6.26. The standard InChI is InChI=1S/C18H25NO3/c20-16(21)10-5-2-6-13-19-17(22)18(11-7-12-18)14-15-8-3-1-4-9-15/h1,3-4,8-9H,2,5-7,10-14H2,(H,19,22)(H,20,21). The molecule has 0 unspecified atom stereocenters. The topological polar surface area (TPSA) is 66.4 Å². The van der Waals surface area contributed by atoms with Gasteiger partial charge in [0.05, 0.1) is 5.41 Å². The van der Waals surface area contributed by atoms with Crippen molar-refractivity contribution in [2.45, 2.75) is 51.4 Å². The Labute approximate surface area is 131 Å². The van der Waals surface area contributed by atoms with Gasteiger partial charge in [-0.3, -0.25) is 9.59 Å². The summed E-state index contributed by atoms with van der Waals surface area (Å²) in [5.41, 5.74) is 1.00. The highest BCUT2D eigenvalue weighted by molar-refractivity contribution is 5.83. The van der Waals surface area contributed by atoms with E-state index in [-0.39, 0.29) is 17.7 Å². The molecule has 1 amide bonds. The quantitative estimate of drug-likeness (QED) is 0.689. The average Bonchev–Trinajstić information content (AvgIpc) is 2.47. The molecule has 2 N–H and O–H groups in total. The maximum absolute atomic E-state index is 12.5. The molecule has 1 aliphatic carbocycles. The van der Waals surface area contributed by atoms with E-state index in [9.17, 15) is 9.59 Å². The number of aliphatic carboxylic acids is 1. The molecule has 0 aromatic heterocycles. The van der Waals surface area contributed by atoms with Crippen LogP contribution in [0.3, 0.4) is 0 Å². The molecule has 1 fully saturated rings. The van der Waals surface area contributed by atoms with Crippen molar-refractivity contribution in [3.05, 3.63) is 35.9 Å². The molecule has 1 aromatic carbocycles. The molecule has 1 saturated carbocycles. The minimum atomic E-state index is -0.750. The van der Waals surface area contributed by atoms with Gasteiger partial charge in [0, 0.05) is 13.0 Å². The molecule has 0 atom stereocenters. The Morgan fingerprint density at radius 2 is 1.82 bits per heavy atom. The molecule has 2 rings (SSSR count). The zero-order valence-electron chi connectivity index (χ0n) is 13.0. The lowest BCUT2D eigenvalue weighted by Gasteiger charge is -2.40. The molecule has 1 aliphatic rings. The summed E-state index contributed by atoms with van der Waals surface area (Å²) in [6, 6.07) is 10.2. The van der Waals surface area contributed by atoms with E-state index in [0.717, 1.165) is 38.5 Å². The predicted molar refractivity (Wildman–Crippen MR) is 85.5 cm³/mol. The maximum Gasteiger partial charge on any atom is 0.303 e. The maximum atomic E-state index is 12.5. The summed E-state index contributed by atoms with van der Waals surface area (Å²) in [7, 11) is 0. The smallest absolute Gasteiger partial charge is 0.303 e. The first-order valence-corrected chi connectivity index (χ1v) is 8.16. The first kappa shape index (κ1) is 16.5. The minimum Gasteiger partial charge on any atom is -0.481 e. The van der Waals surface area contributed by atoms with Crippen molar-refractivity contribution >= 4 is 11.9 Å². The van der Waals surface area contributed by atoms with E-state index >= 15 is 0 Å². The number of carbonyl (C=O) groups is 2. The van der Waals surface area contributed by atoms with E-state index in [2.05, 4.69) is 17.4 Å². The van der Waals surface area contributed by atoms with Crippen LogP contribution in [0.1, 0.15) is 50.5 Å². The molecule has 0 radical (unpaired) electrons. The Morgan fingerprint density at radius 1 is 1.09 bits per heavy atom. The third kappa shape index (κ3) is 4.58. The zero-order valence-corrected chi connectivity index (χ0v) is 13.0. The Bertz CT molecular complexity index is 494. The second kappa shape index (κ2) is 7.97. The van der Waals surface area contributed by atoms with E-state index in [0.29, 0.717) is 13.0 Å². The zero-order chi connectivity index (χ0) is 15.8. The lowest BCUT2D eigenvalue weighted by atomic mass is 9.64. The van der Waals surface area contributed by atoms with Gasteiger partial charge in [-0.15, -0.1) is 0 Å². The molecular formula is C18H25NO3. The number of benzene rings is 1. The summed E-state index contributed by atoms with van der Waals surface area (Å²) in [6.07, 6.45) is 6.46. The number of hydrogen-bond donors (Lipinski definition) is 2. The number of nitrogens with one attached hydrogen (secondary N) is 1. The van der Waals surface area contributed by atoms with E-state index < -0.39 is 5.97 Å². The number of amides is 1. The molecule has 1 aromatic rings. The summed E-state index contributed by atoms with van der Waals surface area (Å²) < 4.78 is 0. The molecule has 0 saturated heterocycles. The fourth-order valence-corrected chi connectivity index (χ4v) is 3.04. The number of carbonyl (C=O) groups excluding carboxylic acids is 1. The second-order valence-electron chi connectivity index (χ2n) is 6.26. The fraction of sp³-hybridized carbons (Fsp3) is 0.556. The summed E-state index contributed by atoms with van der Waals surface area (Å²) in [4.78, 5) is 22.9. The van der Waals surface area contributed by atoms with Gasteiger partial charge >= 0.3 is 5.97 Å². The van der Waals surface area contributed by atoms with Crippen LogP contribution in [0.15, 0.2) is 30.3 Å². The molecule has 4 nitrogen and oxygen atoms in total. The Kier molecular flexibility index (Phi) is 5.99. The largest absolute Gasteiger partial charge is 0.481 e. The predicted octanol–water partition coefficient (Wildman–Crippen LogP) is 3.16. The van der Waals surface area contributed by atoms with Crippen molar-refractivity contribution in [2.75, 3.05) is 6.54 Å². The van der Waals surface area contributed by atoms with Crippen molar-refractivity contribution < 1.29 is 14.7 Å². The molecule has 0 bridgehead atoms. The molecule has 4 heteroatoms. The first-order valence-electron chi connectivity index (χ1n) is 8.16. The summed E-state index contributed by atoms with van der Waals surface area (Å²) in [5.74, 6) is -0.582. The van der Waals surface area contributed by atoms with E-state index in [4.69, 9.17) is 5.11 Å². The molecule has 120 valence electrons. The Balaban J connectivity index is 1.74. The van der Waals surface area contributed by atoms with Crippen LogP contribution < -0.4 is 5.32 Å². The van der Waals surface area contributed by atoms with Crippen LogP contribution in [0.4, 0.5) is 0 Å². The molecule has 0 heterocycles. The van der Waals surface area contributed by atoms with Crippen LogP contribution in [0.5, 0.6) is 0 Å². The van der Waals surface area contributed by atoms with Crippen molar-refractivity contribution in [1.82, 2.24) is 5.32 Å². The third-order valence-electron chi connectivity index (χ3n) is 4.53. The summed E-state index contributed by atoms with van der Waals surface area (Å²) in [6.45, 7) is 0.648. The molecule has 0 aliphatic heterocycles. The van der Waals surface area contributed by atoms with Crippen LogP contribution in [0, 0.1) is 5.41 Å². The van der Waals surface area contributed by atoms with Gasteiger partial charge in [-0.05, 0) is 37.7 Å². The van der Waals surface area contributed by atoms with Crippen molar-refractivity contribution in [2.24, 2.45) is 5.41 Å². The van der Waals surface area contributed by atoms with Crippen LogP contribution >= 0.6 is 0 Å². The van der Waals surface area contributed by atoms with Gasteiger partial charge in [-0.25, -0.2) is 0 Å². The minimum absolute atomic E-state index is 0.167. The summed E-state index contributed by atoms with van der Waals surface area (Å²) in [5, 5.41) is 11.6. The van der Waals surface area contributed by atoms with Crippen LogP contribution in [-0.4, -0.2) is 23.5 Å². The highest BCUT2D eigenvalue weighted by Crippen LogP contribution is 2.43. The third-order valence-corrected chi connectivity index (χ3v) is 4.53. The Hall–Kier alpha value is -1.84. The molecular weight excluding hydrogens is 278 g/mol. The lowest BCUT2D eigenvalue weighted by Crippen LogP contribution is -2.47. The van der Waals surface area contributed by atoms with Crippen molar-refractivity contribution in [3.8, 4) is 0 Å². The highest BCUT2D eigenvalue weighted by Gasteiger charge is 2.43. The van der Waals surface area contributed by atoms with Gasteiger partial charge in [-0.2, -0.15) is 0 Å². The first-order chi connectivity index (χ1) is 10.6. The number of hydrogen-bond acceptors (Lipinski definition) is 2. The van der Waals surface area contributed by atoms with Crippen molar-refractivity contribution in [1.29, 1.82) is 0 Å². The van der Waals surface area contributed by atoms with Gasteiger partial charge in [0.25, 0.3) is 0 Å². The van der Waals surface area contributed by atoms with Gasteiger partial charge in [0.15, 0.2) is 0 Å². The average molecular weight is 303 g/mol. The number of carboxylic acid groups (broad SMARTS) is 1. The van der Waals surface area contributed by atoms with Crippen LogP contribution in [-0.2, 0) is 16.0 Å². The van der Waals surface area contributed by atoms with E-state index in [1.54, 1.807) is 0 Å². The van der Waals surface area contributed by atoms with Crippen LogP contribution in [0.25, 0.3) is 0 Å². The van der Waals surface area contributed by atoms with Crippen LogP contribution in [0.2, 0.25) is 0 Å². The van der Waals surface area contributed by atoms with Gasteiger partial charge in [0.1, 0.15) is 0 Å². The van der Waals surface area contributed by atoms with Gasteiger partial charge < -0.3 is 10.4 Å². The van der Waals surface area contributed by atoms with Gasteiger partial charge in [-0.1, -0.05) is 43.2 Å². The highest BCUT2D eigenvalue weighted by atomic mass is 16.4.